The minimum atomic E-state index is -0.830. The zero-order valence-electron chi connectivity index (χ0n) is 26.9. The first-order chi connectivity index (χ1) is 19.3. The largest absolute Gasteiger partial charge is 0.477 e. The molecule has 0 spiro atoms. The molecule has 41 heavy (non-hydrogen) atoms. The number of unbranched alkanes of at least 4 members (excludes halogenated alkanes) is 9. The number of aliphatic carboxylic acids is 2. The lowest BCUT2D eigenvalue weighted by Gasteiger charge is -2.30. The lowest BCUT2D eigenvalue weighted by molar-refractivity contribution is -0.883. The van der Waals surface area contributed by atoms with E-state index in [2.05, 4.69) is 12.2 Å². The number of carboxylic acid groups (broad SMARTS) is 2. The third kappa shape index (κ3) is 24.5. The maximum atomic E-state index is 12.1. The standard InChI is InChI=1S/C31H61N3O7/c1-6-7-8-9-11-14-18-27(35)28(41-24-23-34(4,5)26-31(39)40)19-15-12-10-13-16-20-29(36)32-21-17-22-33(2,3)25-30(37)38/h27-28,35H,6-26H2,1-5H3,(H-2,32,36,37,38,39,40)/p+2. The van der Waals surface area contributed by atoms with Crippen molar-refractivity contribution in [2.45, 2.75) is 115 Å². The smallest absolute Gasteiger partial charge is 0.359 e. The molecule has 0 saturated heterocycles. The molecule has 0 bridgehead atoms. The fourth-order valence-corrected chi connectivity index (χ4v) is 5.03. The highest BCUT2D eigenvalue weighted by Gasteiger charge is 2.23. The van der Waals surface area contributed by atoms with Gasteiger partial charge in [-0.1, -0.05) is 71.1 Å². The van der Waals surface area contributed by atoms with E-state index in [0.717, 1.165) is 64.2 Å². The Balaban J connectivity index is 4.29. The van der Waals surface area contributed by atoms with Gasteiger partial charge in [0.25, 0.3) is 0 Å². The number of carbonyl (C=O) groups excluding carboxylic acids is 1. The molecule has 0 heterocycles. The number of carbonyl (C=O) groups is 3. The number of nitrogens with one attached hydrogen (secondary N) is 1. The van der Waals surface area contributed by atoms with Gasteiger partial charge in [-0.05, 0) is 19.3 Å². The fourth-order valence-electron chi connectivity index (χ4n) is 5.03. The molecule has 1 amide bonds. The predicted octanol–water partition coefficient (Wildman–Crippen LogP) is 4.04. The van der Waals surface area contributed by atoms with Gasteiger partial charge in [0.15, 0.2) is 13.1 Å². The number of aliphatic hydroxyl groups is 1. The molecule has 10 nitrogen and oxygen atoms in total. The van der Waals surface area contributed by atoms with E-state index in [1.54, 1.807) is 0 Å². The SMILES string of the molecule is CCCCCCCCC(O)C(CCCCCCCC(=O)NCCC[N+](C)(C)CC(=O)O)OCC[N+](C)(C)CC(=O)O. The molecule has 2 atom stereocenters. The Morgan fingerprint density at radius 1 is 0.707 bits per heavy atom. The van der Waals surface area contributed by atoms with Crippen molar-refractivity contribution in [1.29, 1.82) is 0 Å². The number of amides is 1. The van der Waals surface area contributed by atoms with E-state index < -0.39 is 18.0 Å². The second-order valence-corrected chi connectivity index (χ2v) is 13.0. The summed E-state index contributed by atoms with van der Waals surface area (Å²) in [7, 11) is 7.51. The van der Waals surface area contributed by atoms with Crippen LogP contribution in [0.15, 0.2) is 0 Å². The van der Waals surface area contributed by atoms with Gasteiger partial charge in [-0.15, -0.1) is 0 Å². The third-order valence-electron chi connectivity index (χ3n) is 7.59. The van der Waals surface area contributed by atoms with Crippen LogP contribution in [0.2, 0.25) is 0 Å². The first-order valence-electron chi connectivity index (χ1n) is 15.9. The lowest BCUT2D eigenvalue weighted by Crippen LogP contribution is -2.46. The number of nitrogens with zero attached hydrogens (tertiary/aromatic N) is 2. The van der Waals surface area contributed by atoms with Crippen LogP contribution in [0.25, 0.3) is 0 Å². The van der Waals surface area contributed by atoms with Crippen molar-refractivity contribution < 1.29 is 43.4 Å². The van der Waals surface area contributed by atoms with Gasteiger partial charge in [-0.25, -0.2) is 9.59 Å². The van der Waals surface area contributed by atoms with Crippen LogP contribution in [-0.2, 0) is 19.1 Å². The number of hydrogen-bond acceptors (Lipinski definition) is 5. The molecular weight excluding hydrogens is 526 g/mol. The van der Waals surface area contributed by atoms with E-state index in [0.29, 0.717) is 41.6 Å². The second-order valence-electron chi connectivity index (χ2n) is 13.0. The maximum absolute atomic E-state index is 12.1. The van der Waals surface area contributed by atoms with Crippen LogP contribution >= 0.6 is 0 Å². The average molecular weight is 590 g/mol. The molecule has 10 heteroatoms. The Bertz CT molecular complexity index is 716. The Morgan fingerprint density at radius 2 is 1.22 bits per heavy atom. The Morgan fingerprint density at radius 3 is 1.80 bits per heavy atom. The minimum absolute atomic E-state index is 0.0383. The molecule has 0 aromatic rings. The van der Waals surface area contributed by atoms with Crippen molar-refractivity contribution in [3.05, 3.63) is 0 Å². The van der Waals surface area contributed by atoms with Crippen LogP contribution in [-0.4, -0.2) is 122 Å². The van der Waals surface area contributed by atoms with Crippen LogP contribution < -0.4 is 5.32 Å². The molecule has 0 aromatic carbocycles. The molecule has 0 aromatic heterocycles. The van der Waals surface area contributed by atoms with Crippen LogP contribution in [0, 0.1) is 0 Å². The summed E-state index contributed by atoms with van der Waals surface area (Å²) in [5.41, 5.74) is 0. The summed E-state index contributed by atoms with van der Waals surface area (Å²) >= 11 is 0. The van der Waals surface area contributed by atoms with Gasteiger partial charge in [0.2, 0.25) is 5.91 Å². The highest BCUT2D eigenvalue weighted by atomic mass is 16.5. The Hall–Kier alpha value is -1.75. The minimum Gasteiger partial charge on any atom is -0.477 e. The number of hydrogen-bond donors (Lipinski definition) is 4. The van der Waals surface area contributed by atoms with Crippen molar-refractivity contribution in [2.24, 2.45) is 0 Å². The number of carboxylic acids is 2. The van der Waals surface area contributed by atoms with E-state index in [4.69, 9.17) is 14.9 Å². The van der Waals surface area contributed by atoms with Gasteiger partial charge >= 0.3 is 11.9 Å². The van der Waals surface area contributed by atoms with Crippen LogP contribution in [0.1, 0.15) is 103 Å². The Kier molecular flexibility index (Phi) is 21.8. The molecule has 0 radical (unpaired) electrons. The van der Waals surface area contributed by atoms with Crippen molar-refractivity contribution in [3.8, 4) is 0 Å². The molecule has 2 unspecified atom stereocenters. The molecule has 0 aliphatic carbocycles. The number of ether oxygens (including phenoxy) is 1. The lowest BCUT2D eigenvalue weighted by atomic mass is 9.99. The van der Waals surface area contributed by atoms with Crippen LogP contribution in [0.5, 0.6) is 0 Å². The third-order valence-corrected chi connectivity index (χ3v) is 7.59. The Labute approximate surface area is 249 Å². The van der Waals surface area contributed by atoms with E-state index in [9.17, 15) is 19.5 Å². The van der Waals surface area contributed by atoms with Gasteiger partial charge in [0.1, 0.15) is 6.54 Å². The second kappa shape index (κ2) is 22.8. The maximum Gasteiger partial charge on any atom is 0.359 e. The summed E-state index contributed by atoms with van der Waals surface area (Å²) in [6.07, 6.45) is 13.9. The van der Waals surface area contributed by atoms with Crippen molar-refractivity contribution in [1.82, 2.24) is 5.32 Å². The molecule has 0 aliphatic heterocycles. The quantitative estimate of drug-likeness (QED) is 0.0800. The molecule has 0 fully saturated rings. The number of rotatable bonds is 28. The van der Waals surface area contributed by atoms with Crippen molar-refractivity contribution >= 4 is 17.8 Å². The summed E-state index contributed by atoms with van der Waals surface area (Å²) < 4.78 is 6.86. The predicted molar refractivity (Wildman–Crippen MR) is 163 cm³/mol. The van der Waals surface area contributed by atoms with E-state index >= 15 is 0 Å². The van der Waals surface area contributed by atoms with E-state index in [1.165, 1.54) is 25.7 Å². The van der Waals surface area contributed by atoms with Crippen molar-refractivity contribution in [2.75, 3.05) is 67.5 Å². The zero-order valence-corrected chi connectivity index (χ0v) is 26.9. The molecule has 0 rings (SSSR count). The number of quaternary nitrogens is 2. The summed E-state index contributed by atoms with van der Waals surface area (Å²) in [5.74, 6) is -1.60. The van der Waals surface area contributed by atoms with Gasteiger partial charge in [-0.3, -0.25) is 4.79 Å². The van der Waals surface area contributed by atoms with Crippen LogP contribution in [0.4, 0.5) is 0 Å². The molecule has 242 valence electrons. The number of likely N-dealkylation sites (N-methyl/N-ethyl adjacent to an activating group) is 2. The average Bonchev–Trinajstić information content (AvgIpc) is 2.85. The monoisotopic (exact) mass is 589 g/mol. The summed E-state index contributed by atoms with van der Waals surface area (Å²) in [4.78, 5) is 34.1. The van der Waals surface area contributed by atoms with Gasteiger partial charge in [0, 0.05) is 19.4 Å². The van der Waals surface area contributed by atoms with Gasteiger partial charge < -0.3 is 34.3 Å². The summed E-state index contributed by atoms with van der Waals surface area (Å²) in [6.45, 7) is 4.58. The molecule has 4 N–H and O–H groups in total. The van der Waals surface area contributed by atoms with Crippen molar-refractivity contribution in [3.63, 3.8) is 0 Å². The van der Waals surface area contributed by atoms with Gasteiger partial charge in [-0.2, -0.15) is 0 Å². The first-order valence-corrected chi connectivity index (χ1v) is 15.9. The highest BCUT2D eigenvalue weighted by Crippen LogP contribution is 2.18. The van der Waals surface area contributed by atoms with Gasteiger partial charge in [0.05, 0.1) is 53.6 Å². The summed E-state index contributed by atoms with van der Waals surface area (Å²) in [5, 5.41) is 31.9. The van der Waals surface area contributed by atoms with E-state index in [1.807, 2.05) is 28.2 Å². The topological polar surface area (TPSA) is 133 Å². The molecular formula is C31H63N3O7+2. The summed E-state index contributed by atoms with van der Waals surface area (Å²) in [6, 6.07) is 0. The fraction of sp³-hybridized carbons (Fsp3) is 0.903. The molecule has 0 aliphatic rings. The first kappa shape index (κ1) is 39.2. The zero-order chi connectivity index (χ0) is 31.2. The van der Waals surface area contributed by atoms with Crippen LogP contribution in [0.3, 0.4) is 0 Å². The number of aliphatic hydroxyl groups excluding tert-OH is 1. The van der Waals surface area contributed by atoms with E-state index in [-0.39, 0.29) is 25.1 Å². The normalized spacial score (nSPS) is 13.6. The molecule has 0 saturated carbocycles. The highest BCUT2D eigenvalue weighted by molar-refractivity contribution is 5.75.